The van der Waals surface area contributed by atoms with Crippen molar-refractivity contribution in [3.8, 4) is 0 Å². The molecule has 0 aliphatic carbocycles. The van der Waals surface area contributed by atoms with Gasteiger partial charge in [0, 0.05) is 32.1 Å². The second-order valence-corrected chi connectivity index (χ2v) is 18.1. The van der Waals surface area contributed by atoms with Crippen molar-refractivity contribution in [1.82, 2.24) is 0 Å². The standard InChI is InChI=1S/C48H80NO10P/c1-8-10-25-31-43(50)32-27-21-17-15-13-12-14-16-18-24-30-36-48(52)58-44(40-57-60(53,54)56-38-37-49(5,6)7)39-55-47(51)35-29-23-20-19-22-28-34-46-42(4)41(3)45(59-46)33-26-11-9-2/h12-13,16-18,21,27,32,44H,8-11,14-15,19-20,22-26,28-31,33-40H2,1-7H3/b13-12-,18-16-,21-17-,32-27+/t44-/m1/s1. The molecular formula is C48H80NO10P. The molecule has 1 unspecified atom stereocenters. The molecule has 12 heteroatoms. The number of unbranched alkanes of at least 4 members (excludes halogenated alkanes) is 10. The van der Waals surface area contributed by atoms with E-state index in [1.165, 1.54) is 30.4 Å². The minimum absolute atomic E-state index is 0.0620. The maximum Gasteiger partial charge on any atom is 0.306 e. The summed E-state index contributed by atoms with van der Waals surface area (Å²) in [4.78, 5) is 49.4. The van der Waals surface area contributed by atoms with Gasteiger partial charge in [-0.15, -0.1) is 0 Å². The number of carbonyl (C=O) groups is 3. The molecule has 0 aliphatic heterocycles. The monoisotopic (exact) mass is 862 g/mol. The zero-order valence-electron chi connectivity index (χ0n) is 38.4. The van der Waals surface area contributed by atoms with Crippen LogP contribution in [-0.4, -0.2) is 75.8 Å². The number of phosphoric acid groups is 1. The zero-order valence-corrected chi connectivity index (χ0v) is 39.2. The van der Waals surface area contributed by atoms with Gasteiger partial charge in [0.2, 0.25) is 0 Å². The van der Waals surface area contributed by atoms with Crippen LogP contribution >= 0.6 is 7.82 Å². The number of phosphoric ester groups is 1. The molecule has 0 saturated heterocycles. The molecule has 0 N–H and O–H groups in total. The van der Waals surface area contributed by atoms with Crippen LogP contribution in [0.25, 0.3) is 0 Å². The molecule has 0 fully saturated rings. The molecule has 2 atom stereocenters. The van der Waals surface area contributed by atoms with E-state index in [4.69, 9.17) is 22.9 Å². The quantitative estimate of drug-likeness (QED) is 0.0121. The van der Waals surface area contributed by atoms with Crippen LogP contribution in [0.1, 0.15) is 158 Å². The molecule has 11 nitrogen and oxygen atoms in total. The summed E-state index contributed by atoms with van der Waals surface area (Å²) in [5.41, 5.74) is 2.59. The molecule has 1 aromatic rings. The van der Waals surface area contributed by atoms with Gasteiger partial charge in [0.1, 0.15) is 31.3 Å². The summed E-state index contributed by atoms with van der Waals surface area (Å²) < 4.78 is 40.1. The smallest absolute Gasteiger partial charge is 0.306 e. The van der Waals surface area contributed by atoms with E-state index < -0.39 is 32.5 Å². The minimum atomic E-state index is -4.67. The number of ketones is 1. The Balaban J connectivity index is 2.44. The summed E-state index contributed by atoms with van der Waals surface area (Å²) in [6.45, 7) is 8.20. The maximum absolute atomic E-state index is 12.7. The number of hydrogen-bond donors (Lipinski definition) is 0. The van der Waals surface area contributed by atoms with Gasteiger partial charge in [-0.2, -0.15) is 0 Å². The highest BCUT2D eigenvalue weighted by molar-refractivity contribution is 7.45. The summed E-state index contributed by atoms with van der Waals surface area (Å²) in [5, 5.41) is 0. The van der Waals surface area contributed by atoms with Crippen LogP contribution in [0.4, 0.5) is 0 Å². The first-order valence-electron chi connectivity index (χ1n) is 22.7. The first kappa shape index (κ1) is 54.9. The Hall–Kier alpha value is -3.08. The van der Waals surface area contributed by atoms with E-state index in [-0.39, 0.29) is 31.8 Å². The Morgan fingerprint density at radius 1 is 0.683 bits per heavy atom. The predicted molar refractivity (Wildman–Crippen MR) is 239 cm³/mol. The summed E-state index contributed by atoms with van der Waals surface area (Å²) in [6.07, 6.45) is 32.5. The third-order valence-electron chi connectivity index (χ3n) is 10.0. The largest absolute Gasteiger partial charge is 0.756 e. The Bertz CT molecular complexity index is 1500. The second kappa shape index (κ2) is 33.5. The number of carbonyl (C=O) groups excluding carboxylic acids is 3. The van der Waals surface area contributed by atoms with Crippen molar-refractivity contribution >= 4 is 25.5 Å². The number of furan rings is 1. The van der Waals surface area contributed by atoms with Gasteiger partial charge in [0.25, 0.3) is 7.82 Å². The normalized spacial score (nSPS) is 13.9. The number of rotatable bonds is 37. The molecule has 0 aromatic carbocycles. The number of likely N-dealkylation sites (N-methyl/N-ethyl adjacent to an activating group) is 1. The summed E-state index contributed by atoms with van der Waals surface area (Å²) in [5.74, 6) is 1.45. The lowest BCUT2D eigenvalue weighted by Crippen LogP contribution is -2.37. The molecule has 0 saturated carbocycles. The third kappa shape index (κ3) is 30.0. The summed E-state index contributed by atoms with van der Waals surface area (Å²) >= 11 is 0. The molecule has 0 aliphatic rings. The van der Waals surface area contributed by atoms with Gasteiger partial charge in [0.15, 0.2) is 11.9 Å². The van der Waals surface area contributed by atoms with Crippen LogP contribution in [0, 0.1) is 13.8 Å². The topological polar surface area (TPSA) is 141 Å². The van der Waals surface area contributed by atoms with Crippen LogP contribution in [0.3, 0.4) is 0 Å². The Morgan fingerprint density at radius 2 is 1.25 bits per heavy atom. The molecule has 342 valence electrons. The average Bonchev–Trinajstić information content (AvgIpc) is 3.46. The lowest BCUT2D eigenvalue weighted by Gasteiger charge is -2.28. The number of aryl methyl sites for hydroxylation is 2. The lowest BCUT2D eigenvalue weighted by molar-refractivity contribution is -0.870. The average molecular weight is 862 g/mol. The SMILES string of the molecule is CCCCCC(=O)/C=C/C=C\C/C=C\C/C=C\CCCC(=O)O[C@H](COC(=O)CCCCCCCCc1oc(CCCCC)c(C)c1C)COP(=O)([O-])OCC[N+](C)(C)C. The maximum atomic E-state index is 12.7. The first-order valence-corrected chi connectivity index (χ1v) is 24.1. The van der Waals surface area contributed by atoms with E-state index >= 15 is 0 Å². The lowest BCUT2D eigenvalue weighted by atomic mass is 10.0. The number of hydrogen-bond acceptors (Lipinski definition) is 10. The van der Waals surface area contributed by atoms with Gasteiger partial charge in [-0.25, -0.2) is 0 Å². The van der Waals surface area contributed by atoms with Crippen molar-refractivity contribution in [2.24, 2.45) is 0 Å². The van der Waals surface area contributed by atoms with E-state index in [9.17, 15) is 23.8 Å². The fourth-order valence-corrected chi connectivity index (χ4v) is 6.86. The summed E-state index contributed by atoms with van der Waals surface area (Å²) in [7, 11) is 1.06. The van der Waals surface area contributed by atoms with Crippen molar-refractivity contribution in [3.05, 3.63) is 71.3 Å². The highest BCUT2D eigenvalue weighted by Gasteiger charge is 2.22. The van der Waals surface area contributed by atoms with Gasteiger partial charge in [0.05, 0.1) is 27.7 Å². The van der Waals surface area contributed by atoms with Gasteiger partial charge >= 0.3 is 11.9 Å². The molecule has 1 aromatic heterocycles. The van der Waals surface area contributed by atoms with Crippen molar-refractivity contribution in [2.75, 3.05) is 47.5 Å². The molecule has 1 rings (SSSR count). The zero-order chi connectivity index (χ0) is 44.5. The summed E-state index contributed by atoms with van der Waals surface area (Å²) in [6, 6.07) is 0. The van der Waals surface area contributed by atoms with Crippen molar-refractivity contribution in [2.45, 2.75) is 169 Å². The van der Waals surface area contributed by atoms with Crippen molar-refractivity contribution in [3.63, 3.8) is 0 Å². The fourth-order valence-electron chi connectivity index (χ4n) is 6.13. The molecule has 0 amide bonds. The Morgan fingerprint density at radius 3 is 1.92 bits per heavy atom. The van der Waals surface area contributed by atoms with E-state index in [0.29, 0.717) is 36.7 Å². The Kier molecular flexibility index (Phi) is 30.7. The van der Waals surface area contributed by atoms with Gasteiger partial charge in [-0.05, 0) is 82.4 Å². The van der Waals surface area contributed by atoms with Crippen molar-refractivity contribution in [1.29, 1.82) is 0 Å². The molecule has 0 bridgehead atoms. The van der Waals surface area contributed by atoms with E-state index in [1.54, 1.807) is 12.2 Å². The van der Waals surface area contributed by atoms with E-state index in [2.05, 4.69) is 39.8 Å². The first-order chi connectivity index (χ1) is 28.7. The number of ether oxygens (including phenoxy) is 2. The third-order valence-corrected chi connectivity index (χ3v) is 11.0. The predicted octanol–water partition coefficient (Wildman–Crippen LogP) is 10.9. The van der Waals surface area contributed by atoms with Crippen LogP contribution in [0.5, 0.6) is 0 Å². The second-order valence-electron chi connectivity index (χ2n) is 16.7. The Labute approximate surface area is 363 Å². The van der Waals surface area contributed by atoms with Crippen LogP contribution in [0.15, 0.2) is 53.0 Å². The minimum Gasteiger partial charge on any atom is -0.756 e. The molecule has 1 heterocycles. The molecule has 0 radical (unpaired) electrons. The van der Waals surface area contributed by atoms with Crippen LogP contribution < -0.4 is 4.89 Å². The van der Waals surface area contributed by atoms with Crippen molar-refractivity contribution < 1.29 is 51.3 Å². The number of nitrogens with zero attached hydrogens (tertiary/aromatic N) is 1. The number of allylic oxidation sites excluding steroid dienone is 8. The van der Waals surface area contributed by atoms with E-state index in [1.807, 2.05) is 45.4 Å². The molecule has 60 heavy (non-hydrogen) atoms. The van der Waals surface area contributed by atoms with Gasteiger partial charge < -0.3 is 32.3 Å². The molecule has 0 spiro atoms. The van der Waals surface area contributed by atoms with Crippen LogP contribution in [0.2, 0.25) is 0 Å². The van der Waals surface area contributed by atoms with Gasteiger partial charge in [-0.3, -0.25) is 18.9 Å². The van der Waals surface area contributed by atoms with Gasteiger partial charge in [-0.1, -0.05) is 108 Å². The van der Waals surface area contributed by atoms with E-state index in [0.717, 1.165) is 88.6 Å². The highest BCUT2D eigenvalue weighted by Crippen LogP contribution is 2.38. The van der Waals surface area contributed by atoms with Crippen LogP contribution in [-0.2, 0) is 50.3 Å². The fraction of sp³-hybridized carbons (Fsp3) is 0.688. The number of esters is 2. The highest BCUT2D eigenvalue weighted by atomic mass is 31.2. The molecular weight excluding hydrogens is 781 g/mol. The number of quaternary nitrogens is 1.